The molecule has 0 fully saturated rings. The van der Waals surface area contributed by atoms with Crippen LogP contribution in [0.4, 0.5) is 4.39 Å². The van der Waals surface area contributed by atoms with Gasteiger partial charge in [0.2, 0.25) is 10.0 Å². The van der Waals surface area contributed by atoms with Gasteiger partial charge < -0.3 is 0 Å². The van der Waals surface area contributed by atoms with Crippen LogP contribution >= 0.6 is 0 Å². The van der Waals surface area contributed by atoms with Gasteiger partial charge in [0.25, 0.3) is 0 Å². The Kier molecular flexibility index (Phi) is 4.73. The predicted molar refractivity (Wildman–Crippen MR) is 109 cm³/mol. The van der Waals surface area contributed by atoms with Crippen molar-refractivity contribution in [1.29, 1.82) is 0 Å². The highest BCUT2D eigenvalue weighted by molar-refractivity contribution is 7.89. The molecule has 8 heteroatoms. The summed E-state index contributed by atoms with van der Waals surface area (Å²) in [5, 5.41) is 12.5. The van der Waals surface area contributed by atoms with Gasteiger partial charge in [-0.2, -0.15) is 5.10 Å². The zero-order valence-electron chi connectivity index (χ0n) is 15.4. The molecule has 0 saturated carbocycles. The molecule has 0 amide bonds. The third-order valence-electron chi connectivity index (χ3n) is 4.63. The van der Waals surface area contributed by atoms with Crippen molar-refractivity contribution in [2.24, 2.45) is 5.14 Å². The standard InChI is InChI=1S/C21H17FN4O2S/c1-13-20(21(26-25-13)14-7-9-24-10-8-14)16-5-6-18(19(22)12-16)15-3-2-4-17(11-15)29(23,27)28/h2-12H,1H3,(H,25,26)(H2,23,27,28). The molecule has 0 unspecified atom stereocenters. The summed E-state index contributed by atoms with van der Waals surface area (Å²) in [6.07, 6.45) is 3.34. The number of sulfonamides is 1. The maximum atomic E-state index is 15.0. The van der Waals surface area contributed by atoms with Crippen molar-refractivity contribution in [2.45, 2.75) is 11.8 Å². The summed E-state index contributed by atoms with van der Waals surface area (Å²) in [5.74, 6) is -0.477. The number of aromatic nitrogens is 3. The van der Waals surface area contributed by atoms with Crippen LogP contribution in [0.25, 0.3) is 33.5 Å². The van der Waals surface area contributed by atoms with Crippen molar-refractivity contribution >= 4 is 10.0 Å². The molecular weight excluding hydrogens is 391 g/mol. The lowest BCUT2D eigenvalue weighted by atomic mass is 9.96. The number of aromatic amines is 1. The number of halogens is 1. The molecule has 4 aromatic rings. The number of aryl methyl sites for hydroxylation is 1. The molecule has 146 valence electrons. The SMILES string of the molecule is Cc1[nH]nc(-c2ccncc2)c1-c1ccc(-c2cccc(S(N)(=O)=O)c2)c(F)c1. The van der Waals surface area contributed by atoms with E-state index in [0.717, 1.165) is 16.8 Å². The van der Waals surface area contributed by atoms with Gasteiger partial charge in [-0.3, -0.25) is 10.1 Å². The van der Waals surface area contributed by atoms with Gasteiger partial charge in [0.1, 0.15) is 11.5 Å². The second-order valence-electron chi connectivity index (χ2n) is 6.58. The molecule has 3 N–H and O–H groups in total. The fraction of sp³-hybridized carbons (Fsp3) is 0.0476. The number of nitrogens with zero attached hydrogens (tertiary/aromatic N) is 2. The lowest BCUT2D eigenvalue weighted by Crippen LogP contribution is -2.11. The van der Waals surface area contributed by atoms with Crippen LogP contribution in [-0.4, -0.2) is 23.6 Å². The molecule has 2 aromatic carbocycles. The van der Waals surface area contributed by atoms with E-state index in [4.69, 9.17) is 5.14 Å². The van der Waals surface area contributed by atoms with Gasteiger partial charge in [-0.25, -0.2) is 17.9 Å². The largest absolute Gasteiger partial charge is 0.282 e. The summed E-state index contributed by atoms with van der Waals surface area (Å²) in [7, 11) is -3.87. The van der Waals surface area contributed by atoms with Gasteiger partial charge in [0, 0.05) is 34.8 Å². The topological polar surface area (TPSA) is 102 Å². The van der Waals surface area contributed by atoms with Crippen LogP contribution < -0.4 is 5.14 Å². The minimum absolute atomic E-state index is 0.0656. The first-order chi connectivity index (χ1) is 13.8. The molecule has 0 atom stereocenters. The van der Waals surface area contributed by atoms with Crippen molar-refractivity contribution in [3.8, 4) is 33.5 Å². The number of hydrogen-bond donors (Lipinski definition) is 2. The van der Waals surface area contributed by atoms with E-state index in [1.165, 1.54) is 24.3 Å². The summed E-state index contributed by atoms with van der Waals surface area (Å²) in [6.45, 7) is 1.87. The van der Waals surface area contributed by atoms with Crippen LogP contribution in [0, 0.1) is 12.7 Å². The number of pyridine rings is 1. The Morgan fingerprint density at radius 1 is 0.966 bits per heavy atom. The van der Waals surface area contributed by atoms with Gasteiger partial charge in [-0.1, -0.05) is 24.3 Å². The first-order valence-electron chi connectivity index (χ1n) is 8.73. The van der Waals surface area contributed by atoms with E-state index < -0.39 is 15.8 Å². The Hall–Kier alpha value is -3.36. The quantitative estimate of drug-likeness (QED) is 0.535. The molecule has 0 aliphatic carbocycles. The Morgan fingerprint density at radius 2 is 1.72 bits per heavy atom. The molecule has 6 nitrogen and oxygen atoms in total. The average molecular weight is 408 g/mol. The van der Waals surface area contributed by atoms with E-state index in [0.29, 0.717) is 16.8 Å². The molecule has 0 bridgehead atoms. The normalized spacial score (nSPS) is 11.6. The van der Waals surface area contributed by atoms with Crippen molar-refractivity contribution < 1.29 is 12.8 Å². The van der Waals surface area contributed by atoms with Crippen LogP contribution in [0.15, 0.2) is 71.9 Å². The third kappa shape index (κ3) is 3.67. The Labute approximate surface area is 167 Å². The number of nitrogens with two attached hydrogens (primary N) is 1. The van der Waals surface area contributed by atoms with Crippen LogP contribution in [0.5, 0.6) is 0 Å². The number of H-pyrrole nitrogens is 1. The van der Waals surface area contributed by atoms with Gasteiger partial charge in [-0.05, 0) is 48.4 Å². The molecule has 0 aliphatic heterocycles. The number of nitrogens with one attached hydrogen (secondary N) is 1. The summed E-state index contributed by atoms with van der Waals surface area (Å²) in [4.78, 5) is 3.95. The lowest BCUT2D eigenvalue weighted by molar-refractivity contribution is 0.597. The van der Waals surface area contributed by atoms with Crippen molar-refractivity contribution in [1.82, 2.24) is 15.2 Å². The highest BCUT2D eigenvalue weighted by atomic mass is 32.2. The second kappa shape index (κ2) is 7.23. The van der Waals surface area contributed by atoms with Gasteiger partial charge in [0.15, 0.2) is 0 Å². The lowest BCUT2D eigenvalue weighted by Gasteiger charge is -2.09. The molecule has 0 spiro atoms. The fourth-order valence-corrected chi connectivity index (χ4v) is 3.81. The monoisotopic (exact) mass is 408 g/mol. The van der Waals surface area contributed by atoms with Crippen molar-refractivity contribution in [3.05, 3.63) is 78.5 Å². The summed E-state index contributed by atoms with van der Waals surface area (Å²) >= 11 is 0. The summed E-state index contributed by atoms with van der Waals surface area (Å²) in [5.41, 5.74) is 4.54. The van der Waals surface area contributed by atoms with E-state index in [1.54, 1.807) is 30.6 Å². The number of rotatable bonds is 4. The third-order valence-corrected chi connectivity index (χ3v) is 5.54. The van der Waals surface area contributed by atoms with Crippen molar-refractivity contribution in [3.63, 3.8) is 0 Å². The predicted octanol–water partition coefficient (Wildman–Crippen LogP) is 3.90. The molecule has 29 heavy (non-hydrogen) atoms. The maximum Gasteiger partial charge on any atom is 0.238 e. The number of primary sulfonamides is 1. The fourth-order valence-electron chi connectivity index (χ4n) is 3.25. The highest BCUT2D eigenvalue weighted by Gasteiger charge is 2.17. The van der Waals surface area contributed by atoms with Gasteiger partial charge in [-0.15, -0.1) is 0 Å². The zero-order valence-corrected chi connectivity index (χ0v) is 16.2. The van der Waals surface area contributed by atoms with E-state index in [9.17, 15) is 8.42 Å². The molecule has 0 saturated heterocycles. The van der Waals surface area contributed by atoms with E-state index in [2.05, 4.69) is 15.2 Å². The van der Waals surface area contributed by atoms with Crippen LogP contribution in [0.2, 0.25) is 0 Å². The van der Waals surface area contributed by atoms with Crippen LogP contribution in [0.3, 0.4) is 0 Å². The van der Waals surface area contributed by atoms with Crippen LogP contribution in [-0.2, 0) is 10.0 Å². The summed E-state index contributed by atoms with van der Waals surface area (Å²) in [6, 6.07) is 14.4. The van der Waals surface area contributed by atoms with E-state index in [-0.39, 0.29) is 10.5 Å². The van der Waals surface area contributed by atoms with E-state index >= 15 is 4.39 Å². The first-order valence-corrected chi connectivity index (χ1v) is 10.3. The number of benzene rings is 2. The van der Waals surface area contributed by atoms with Gasteiger partial charge >= 0.3 is 0 Å². The molecule has 0 radical (unpaired) electrons. The highest BCUT2D eigenvalue weighted by Crippen LogP contribution is 2.35. The molecule has 4 rings (SSSR count). The second-order valence-corrected chi connectivity index (χ2v) is 8.14. The Morgan fingerprint density at radius 3 is 2.41 bits per heavy atom. The number of hydrogen-bond acceptors (Lipinski definition) is 4. The van der Waals surface area contributed by atoms with E-state index in [1.807, 2.05) is 19.1 Å². The van der Waals surface area contributed by atoms with Gasteiger partial charge in [0.05, 0.1) is 4.90 Å². The maximum absolute atomic E-state index is 15.0. The smallest absolute Gasteiger partial charge is 0.238 e. The molecule has 2 heterocycles. The first kappa shape index (κ1) is 19.0. The molecule has 0 aliphatic rings. The zero-order chi connectivity index (χ0) is 20.6. The summed E-state index contributed by atoms with van der Waals surface area (Å²) < 4.78 is 38.2. The Bertz CT molecular complexity index is 1300. The minimum Gasteiger partial charge on any atom is -0.282 e. The van der Waals surface area contributed by atoms with Crippen LogP contribution in [0.1, 0.15) is 5.69 Å². The van der Waals surface area contributed by atoms with Crippen molar-refractivity contribution in [2.75, 3.05) is 0 Å². The minimum atomic E-state index is -3.87. The molecule has 2 aromatic heterocycles. The Balaban J connectivity index is 1.80. The molecular formula is C21H17FN4O2S. The average Bonchev–Trinajstić information content (AvgIpc) is 3.09.